The van der Waals surface area contributed by atoms with Crippen LogP contribution in [0.3, 0.4) is 0 Å². The van der Waals surface area contributed by atoms with Gasteiger partial charge in [-0.15, -0.1) is 0 Å². The highest BCUT2D eigenvalue weighted by Crippen LogP contribution is 2.30. The van der Waals surface area contributed by atoms with Gasteiger partial charge in [-0.25, -0.2) is 0 Å². The summed E-state index contributed by atoms with van der Waals surface area (Å²) < 4.78 is 42.7. The van der Waals surface area contributed by atoms with Crippen LogP contribution in [0.4, 0.5) is 13.2 Å². The van der Waals surface area contributed by atoms with Crippen molar-refractivity contribution in [2.45, 2.75) is 6.18 Å². The van der Waals surface area contributed by atoms with E-state index < -0.39 is 23.6 Å². The van der Waals surface area contributed by atoms with Crippen LogP contribution in [0.25, 0.3) is 0 Å². The summed E-state index contributed by atoms with van der Waals surface area (Å²) in [6.07, 6.45) is -4.40. The lowest BCUT2D eigenvalue weighted by molar-refractivity contribution is -0.137. The smallest absolute Gasteiger partial charge is 0.416 e. The van der Waals surface area contributed by atoms with E-state index in [9.17, 15) is 22.8 Å². The first-order chi connectivity index (χ1) is 11.4. The number of imide groups is 1. The van der Waals surface area contributed by atoms with Gasteiger partial charge >= 0.3 is 6.18 Å². The molecule has 0 N–H and O–H groups in total. The van der Waals surface area contributed by atoms with Gasteiger partial charge in [-0.2, -0.15) is 13.2 Å². The predicted octanol–water partition coefficient (Wildman–Crippen LogP) is 3.38. The second-order valence-corrected chi connectivity index (χ2v) is 5.18. The highest BCUT2D eigenvalue weighted by Gasteiger charge is 2.34. The molecule has 7 heteroatoms. The molecule has 0 saturated carbocycles. The molecule has 4 nitrogen and oxygen atoms in total. The van der Waals surface area contributed by atoms with Gasteiger partial charge in [-0.3, -0.25) is 14.5 Å². The fourth-order valence-corrected chi connectivity index (χ4v) is 2.44. The molecule has 1 aliphatic heterocycles. The van der Waals surface area contributed by atoms with Crippen LogP contribution in [0.15, 0.2) is 48.5 Å². The zero-order chi connectivity index (χ0) is 17.3. The van der Waals surface area contributed by atoms with E-state index in [2.05, 4.69) is 0 Å². The van der Waals surface area contributed by atoms with Gasteiger partial charge in [0.2, 0.25) is 0 Å². The number of ether oxygens (including phenoxy) is 1. The Bertz CT molecular complexity index is 749. The molecular formula is C17H12F3NO3. The molecule has 124 valence electrons. The number of rotatable bonds is 4. The van der Waals surface area contributed by atoms with Crippen molar-refractivity contribution >= 4 is 11.8 Å². The number of nitrogens with zero attached hydrogens (tertiary/aromatic N) is 1. The Morgan fingerprint density at radius 1 is 0.875 bits per heavy atom. The van der Waals surface area contributed by atoms with E-state index in [-0.39, 0.29) is 18.9 Å². The minimum atomic E-state index is -4.40. The number of hydrogen-bond acceptors (Lipinski definition) is 3. The van der Waals surface area contributed by atoms with Crippen molar-refractivity contribution in [3.05, 3.63) is 65.2 Å². The first kappa shape index (κ1) is 16.0. The van der Waals surface area contributed by atoms with Crippen LogP contribution in [0.5, 0.6) is 5.75 Å². The lowest BCUT2D eigenvalue weighted by Crippen LogP contribution is -2.33. The molecule has 2 amide bonds. The molecule has 0 radical (unpaired) electrons. The SMILES string of the molecule is O=C1c2ccccc2C(=O)N1CCOc1ccc(C(F)(F)F)cc1. The Morgan fingerprint density at radius 3 is 1.92 bits per heavy atom. The molecule has 1 aliphatic rings. The van der Waals surface area contributed by atoms with Crippen LogP contribution in [0.2, 0.25) is 0 Å². The molecule has 0 spiro atoms. The summed E-state index contributed by atoms with van der Waals surface area (Å²) in [6.45, 7) is 0.0181. The zero-order valence-electron chi connectivity index (χ0n) is 12.3. The maximum absolute atomic E-state index is 12.5. The van der Waals surface area contributed by atoms with Crippen molar-refractivity contribution in [2.24, 2.45) is 0 Å². The largest absolute Gasteiger partial charge is 0.492 e. The van der Waals surface area contributed by atoms with E-state index in [1.54, 1.807) is 24.3 Å². The molecular weight excluding hydrogens is 323 g/mol. The van der Waals surface area contributed by atoms with E-state index >= 15 is 0 Å². The Balaban J connectivity index is 1.60. The fourth-order valence-electron chi connectivity index (χ4n) is 2.44. The zero-order valence-corrected chi connectivity index (χ0v) is 12.3. The van der Waals surface area contributed by atoms with Crippen LogP contribution in [0.1, 0.15) is 26.3 Å². The summed E-state index contributed by atoms with van der Waals surface area (Å²) in [5.74, 6) is -0.558. The minimum Gasteiger partial charge on any atom is -0.492 e. The van der Waals surface area contributed by atoms with E-state index in [0.29, 0.717) is 11.1 Å². The maximum Gasteiger partial charge on any atom is 0.416 e. The summed E-state index contributed by atoms with van der Waals surface area (Å²) in [5.41, 5.74) is -0.0794. The number of halogens is 3. The Hall–Kier alpha value is -2.83. The fraction of sp³-hybridized carbons (Fsp3) is 0.176. The van der Waals surface area contributed by atoms with Gasteiger partial charge in [-0.05, 0) is 36.4 Å². The number of benzene rings is 2. The van der Waals surface area contributed by atoms with Gasteiger partial charge in [-0.1, -0.05) is 12.1 Å². The number of amides is 2. The maximum atomic E-state index is 12.5. The van der Waals surface area contributed by atoms with E-state index in [1.807, 2.05) is 0 Å². The van der Waals surface area contributed by atoms with E-state index in [1.165, 1.54) is 12.1 Å². The van der Waals surface area contributed by atoms with Gasteiger partial charge in [0.1, 0.15) is 12.4 Å². The van der Waals surface area contributed by atoms with Gasteiger partial charge in [0.25, 0.3) is 11.8 Å². The van der Waals surface area contributed by atoms with Gasteiger partial charge in [0.05, 0.1) is 23.2 Å². The molecule has 0 unspecified atom stereocenters. The summed E-state index contributed by atoms with van der Waals surface area (Å²) in [7, 11) is 0. The van der Waals surface area contributed by atoms with Gasteiger partial charge in [0, 0.05) is 0 Å². The number of fused-ring (bicyclic) bond motifs is 1. The molecule has 24 heavy (non-hydrogen) atoms. The molecule has 2 aromatic rings. The normalized spacial score (nSPS) is 14.0. The lowest BCUT2D eigenvalue weighted by atomic mass is 10.1. The Kier molecular flexibility index (Phi) is 4.01. The summed E-state index contributed by atoms with van der Waals surface area (Å²) >= 11 is 0. The molecule has 1 heterocycles. The third-order valence-electron chi connectivity index (χ3n) is 3.64. The summed E-state index contributed by atoms with van der Waals surface area (Å²) in [6, 6.07) is 10.7. The monoisotopic (exact) mass is 335 g/mol. The van der Waals surface area contributed by atoms with Crippen LogP contribution in [-0.4, -0.2) is 29.9 Å². The third-order valence-corrected chi connectivity index (χ3v) is 3.64. The topological polar surface area (TPSA) is 46.6 Å². The first-order valence-electron chi connectivity index (χ1n) is 7.13. The second-order valence-electron chi connectivity index (χ2n) is 5.18. The molecule has 3 rings (SSSR count). The second kappa shape index (κ2) is 5.99. The van der Waals surface area contributed by atoms with E-state index in [0.717, 1.165) is 17.0 Å². The van der Waals surface area contributed by atoms with Crippen molar-refractivity contribution in [3.8, 4) is 5.75 Å². The Morgan fingerprint density at radius 2 is 1.42 bits per heavy atom. The van der Waals surface area contributed by atoms with Crippen molar-refractivity contribution < 1.29 is 27.5 Å². The average Bonchev–Trinajstić information content (AvgIpc) is 2.80. The summed E-state index contributed by atoms with van der Waals surface area (Å²) in [4.78, 5) is 25.3. The number of carbonyl (C=O) groups is 2. The molecule has 0 atom stereocenters. The molecule has 0 saturated heterocycles. The van der Waals surface area contributed by atoms with Crippen LogP contribution in [0, 0.1) is 0 Å². The highest BCUT2D eigenvalue weighted by atomic mass is 19.4. The number of alkyl halides is 3. The third kappa shape index (κ3) is 2.97. The average molecular weight is 335 g/mol. The molecule has 0 fully saturated rings. The molecule has 2 aromatic carbocycles. The molecule has 0 bridgehead atoms. The van der Waals surface area contributed by atoms with Crippen LogP contribution in [-0.2, 0) is 6.18 Å². The van der Waals surface area contributed by atoms with Crippen LogP contribution < -0.4 is 4.74 Å². The highest BCUT2D eigenvalue weighted by molar-refractivity contribution is 6.21. The standard InChI is InChI=1S/C17H12F3NO3/c18-17(19,20)11-5-7-12(8-6-11)24-10-9-21-15(22)13-3-1-2-4-14(13)16(21)23/h1-8H,9-10H2. The molecule has 0 aliphatic carbocycles. The Labute approximate surface area is 135 Å². The van der Waals surface area contributed by atoms with E-state index in [4.69, 9.17) is 4.74 Å². The van der Waals surface area contributed by atoms with Crippen molar-refractivity contribution in [3.63, 3.8) is 0 Å². The number of hydrogen-bond donors (Lipinski definition) is 0. The van der Waals surface area contributed by atoms with Crippen molar-refractivity contribution in [1.29, 1.82) is 0 Å². The predicted molar refractivity (Wildman–Crippen MR) is 78.7 cm³/mol. The van der Waals surface area contributed by atoms with Crippen molar-refractivity contribution in [2.75, 3.05) is 13.2 Å². The first-order valence-corrected chi connectivity index (χ1v) is 7.13. The number of carbonyl (C=O) groups excluding carboxylic acids is 2. The lowest BCUT2D eigenvalue weighted by Gasteiger charge is -2.14. The summed E-state index contributed by atoms with van der Waals surface area (Å²) in [5, 5.41) is 0. The van der Waals surface area contributed by atoms with Crippen LogP contribution >= 0.6 is 0 Å². The van der Waals surface area contributed by atoms with Gasteiger partial charge in [0.15, 0.2) is 0 Å². The minimum absolute atomic E-state index is 0.00314. The van der Waals surface area contributed by atoms with Gasteiger partial charge < -0.3 is 4.74 Å². The van der Waals surface area contributed by atoms with Crippen molar-refractivity contribution in [1.82, 2.24) is 4.90 Å². The molecule has 0 aromatic heterocycles. The quantitative estimate of drug-likeness (QED) is 0.805.